The van der Waals surface area contributed by atoms with Crippen LogP contribution in [0.2, 0.25) is 5.02 Å². The quantitative estimate of drug-likeness (QED) is 0.725. The molecule has 0 saturated carbocycles. The fourth-order valence-electron chi connectivity index (χ4n) is 3.18. The van der Waals surface area contributed by atoms with Gasteiger partial charge in [-0.2, -0.15) is 0 Å². The number of nitrogens with zero attached hydrogens (tertiary/aromatic N) is 3. The van der Waals surface area contributed by atoms with Crippen molar-refractivity contribution in [1.82, 2.24) is 14.7 Å². The molecule has 0 radical (unpaired) electrons. The highest BCUT2D eigenvalue weighted by Gasteiger charge is 2.36. The van der Waals surface area contributed by atoms with Gasteiger partial charge in [-0.1, -0.05) is 11.6 Å². The van der Waals surface area contributed by atoms with Crippen molar-refractivity contribution in [1.29, 1.82) is 0 Å². The van der Waals surface area contributed by atoms with E-state index in [9.17, 15) is 19.2 Å². The van der Waals surface area contributed by atoms with Crippen molar-refractivity contribution in [3.05, 3.63) is 34.3 Å². The maximum absolute atomic E-state index is 12.4. The summed E-state index contributed by atoms with van der Waals surface area (Å²) in [5, 5.41) is 0.382. The third kappa shape index (κ3) is 3.90. The first kappa shape index (κ1) is 19.2. The molecule has 2 aliphatic rings. The number of amides is 4. The Bertz CT molecular complexity index is 789. The highest BCUT2D eigenvalue weighted by atomic mass is 35.5. The number of benzene rings is 1. The number of imide groups is 1. The number of halogens is 1. The molecule has 1 aromatic carbocycles. The van der Waals surface area contributed by atoms with Gasteiger partial charge in [0.2, 0.25) is 5.91 Å². The zero-order valence-electron chi connectivity index (χ0n) is 14.9. The second kappa shape index (κ2) is 7.96. The molecule has 1 fully saturated rings. The number of piperazine rings is 1. The van der Waals surface area contributed by atoms with Crippen LogP contribution in [-0.4, -0.2) is 77.8 Å². The van der Waals surface area contributed by atoms with Crippen LogP contribution in [0.3, 0.4) is 0 Å². The molecule has 1 saturated heterocycles. The van der Waals surface area contributed by atoms with Crippen LogP contribution in [0, 0.1) is 0 Å². The SMILES string of the molecule is CCOC(=O)N1CCN(C(=O)CCN2C(=O)c3ccc(Cl)cc3C2=O)CC1. The second-order valence-electron chi connectivity index (χ2n) is 6.27. The summed E-state index contributed by atoms with van der Waals surface area (Å²) >= 11 is 5.89. The normalized spacial score (nSPS) is 16.6. The van der Waals surface area contributed by atoms with Crippen LogP contribution >= 0.6 is 11.6 Å². The Morgan fingerprint density at radius 1 is 1.04 bits per heavy atom. The second-order valence-corrected chi connectivity index (χ2v) is 6.71. The summed E-state index contributed by atoms with van der Waals surface area (Å²) in [7, 11) is 0. The van der Waals surface area contributed by atoms with Crippen LogP contribution in [0.25, 0.3) is 0 Å². The fraction of sp³-hybridized carbons (Fsp3) is 0.444. The predicted octanol–water partition coefficient (Wildman–Crippen LogP) is 1.63. The molecule has 27 heavy (non-hydrogen) atoms. The highest BCUT2D eigenvalue weighted by Crippen LogP contribution is 2.26. The number of carbonyl (C=O) groups is 4. The number of ether oxygens (including phenoxy) is 1. The lowest BCUT2D eigenvalue weighted by Gasteiger charge is -2.34. The average molecular weight is 394 g/mol. The van der Waals surface area contributed by atoms with E-state index >= 15 is 0 Å². The molecule has 2 heterocycles. The van der Waals surface area contributed by atoms with E-state index in [1.807, 2.05) is 0 Å². The van der Waals surface area contributed by atoms with Gasteiger partial charge in [0.15, 0.2) is 0 Å². The molecule has 0 N–H and O–H groups in total. The van der Waals surface area contributed by atoms with E-state index in [1.54, 1.807) is 22.8 Å². The van der Waals surface area contributed by atoms with Gasteiger partial charge in [0.05, 0.1) is 17.7 Å². The summed E-state index contributed by atoms with van der Waals surface area (Å²) in [6, 6.07) is 4.55. The van der Waals surface area contributed by atoms with Crippen molar-refractivity contribution < 1.29 is 23.9 Å². The Morgan fingerprint density at radius 2 is 1.67 bits per heavy atom. The molecule has 8 nitrogen and oxygen atoms in total. The standard InChI is InChI=1S/C18H20ClN3O5/c1-2-27-18(26)21-9-7-20(8-10-21)15(23)5-6-22-16(24)13-4-3-12(19)11-14(13)17(22)25/h3-4,11H,2,5-10H2,1H3. The van der Waals surface area contributed by atoms with Crippen molar-refractivity contribution >= 4 is 35.4 Å². The van der Waals surface area contributed by atoms with Crippen molar-refractivity contribution in [3.63, 3.8) is 0 Å². The average Bonchev–Trinajstić information content (AvgIpc) is 2.90. The lowest BCUT2D eigenvalue weighted by molar-refractivity contribution is -0.132. The van der Waals surface area contributed by atoms with Crippen LogP contribution in [0.1, 0.15) is 34.1 Å². The minimum absolute atomic E-state index is 0.0148. The van der Waals surface area contributed by atoms with Gasteiger partial charge in [0.25, 0.3) is 11.8 Å². The van der Waals surface area contributed by atoms with Gasteiger partial charge in [-0.3, -0.25) is 19.3 Å². The Balaban J connectivity index is 1.53. The van der Waals surface area contributed by atoms with Crippen molar-refractivity contribution in [2.45, 2.75) is 13.3 Å². The van der Waals surface area contributed by atoms with Gasteiger partial charge < -0.3 is 14.5 Å². The number of hydrogen-bond donors (Lipinski definition) is 0. The zero-order valence-corrected chi connectivity index (χ0v) is 15.7. The van der Waals surface area contributed by atoms with Gasteiger partial charge in [-0.05, 0) is 25.1 Å². The maximum Gasteiger partial charge on any atom is 0.409 e. The van der Waals surface area contributed by atoms with Crippen molar-refractivity contribution in [3.8, 4) is 0 Å². The van der Waals surface area contributed by atoms with Crippen LogP contribution < -0.4 is 0 Å². The summed E-state index contributed by atoms with van der Waals surface area (Å²) in [5.74, 6) is -1.00. The van der Waals surface area contributed by atoms with Gasteiger partial charge in [0, 0.05) is 44.2 Å². The number of carbonyl (C=O) groups excluding carboxylic acids is 4. The highest BCUT2D eigenvalue weighted by molar-refractivity contribution is 6.32. The number of rotatable bonds is 4. The molecule has 0 atom stereocenters. The van der Waals surface area contributed by atoms with Gasteiger partial charge >= 0.3 is 6.09 Å². The lowest BCUT2D eigenvalue weighted by atomic mass is 10.1. The maximum atomic E-state index is 12.4. The number of hydrogen-bond acceptors (Lipinski definition) is 5. The van der Waals surface area contributed by atoms with Crippen molar-refractivity contribution in [2.75, 3.05) is 39.3 Å². The molecular weight excluding hydrogens is 374 g/mol. The fourth-order valence-corrected chi connectivity index (χ4v) is 3.36. The smallest absolute Gasteiger partial charge is 0.409 e. The van der Waals surface area contributed by atoms with E-state index in [1.165, 1.54) is 12.1 Å². The van der Waals surface area contributed by atoms with Crippen LogP contribution in [-0.2, 0) is 9.53 Å². The number of fused-ring (bicyclic) bond motifs is 1. The molecule has 4 amide bonds. The Hall–Kier alpha value is -2.61. The molecule has 1 aromatic rings. The van der Waals surface area contributed by atoms with E-state index in [0.717, 1.165) is 4.90 Å². The summed E-state index contributed by atoms with van der Waals surface area (Å²) in [4.78, 5) is 53.1. The zero-order chi connectivity index (χ0) is 19.6. The lowest BCUT2D eigenvalue weighted by Crippen LogP contribution is -2.51. The molecule has 144 valence electrons. The topological polar surface area (TPSA) is 87.2 Å². The molecular formula is C18H20ClN3O5. The first-order chi connectivity index (χ1) is 12.9. The largest absolute Gasteiger partial charge is 0.450 e. The molecule has 0 unspecified atom stereocenters. The van der Waals surface area contributed by atoms with Crippen molar-refractivity contribution in [2.24, 2.45) is 0 Å². The first-order valence-corrected chi connectivity index (χ1v) is 9.15. The molecule has 3 rings (SSSR count). The monoisotopic (exact) mass is 393 g/mol. The van der Waals surface area contributed by atoms with Gasteiger partial charge in [-0.25, -0.2) is 4.79 Å². The summed E-state index contributed by atoms with van der Waals surface area (Å²) in [6.07, 6.45) is -0.340. The summed E-state index contributed by atoms with van der Waals surface area (Å²) < 4.78 is 4.95. The Morgan fingerprint density at radius 3 is 2.33 bits per heavy atom. The Kier molecular flexibility index (Phi) is 5.65. The van der Waals surface area contributed by atoms with E-state index < -0.39 is 11.8 Å². The van der Waals surface area contributed by atoms with E-state index in [0.29, 0.717) is 43.4 Å². The summed E-state index contributed by atoms with van der Waals surface area (Å²) in [6.45, 7) is 3.66. The third-order valence-electron chi connectivity index (χ3n) is 4.64. The van der Waals surface area contributed by atoms with E-state index in [-0.39, 0.29) is 30.5 Å². The first-order valence-electron chi connectivity index (χ1n) is 8.77. The third-order valence-corrected chi connectivity index (χ3v) is 4.88. The van der Waals surface area contributed by atoms with E-state index in [4.69, 9.17) is 16.3 Å². The molecule has 0 bridgehead atoms. The molecule has 2 aliphatic heterocycles. The summed E-state index contributed by atoms with van der Waals surface area (Å²) in [5.41, 5.74) is 0.572. The van der Waals surface area contributed by atoms with Crippen LogP contribution in [0.15, 0.2) is 18.2 Å². The van der Waals surface area contributed by atoms with Gasteiger partial charge in [-0.15, -0.1) is 0 Å². The molecule has 0 aliphatic carbocycles. The van der Waals surface area contributed by atoms with Crippen LogP contribution in [0.4, 0.5) is 4.79 Å². The molecule has 0 spiro atoms. The van der Waals surface area contributed by atoms with E-state index in [2.05, 4.69) is 0 Å². The van der Waals surface area contributed by atoms with Crippen LogP contribution in [0.5, 0.6) is 0 Å². The predicted molar refractivity (Wildman–Crippen MR) is 96.6 cm³/mol. The molecule has 0 aromatic heterocycles. The minimum atomic E-state index is -0.433. The Labute approximate surface area is 161 Å². The minimum Gasteiger partial charge on any atom is -0.450 e. The van der Waals surface area contributed by atoms with Gasteiger partial charge in [0.1, 0.15) is 0 Å². The molecule has 9 heteroatoms.